The second-order valence-corrected chi connectivity index (χ2v) is 5.03. The van der Waals surface area contributed by atoms with Gasteiger partial charge in [0.25, 0.3) is 11.8 Å². The topological polar surface area (TPSA) is 110 Å². The predicted octanol–water partition coefficient (Wildman–Crippen LogP) is 1.42. The third-order valence-electron chi connectivity index (χ3n) is 3.28. The Labute approximate surface area is 150 Å². The Bertz CT molecular complexity index is 805. The monoisotopic (exact) mass is 355 g/mol. The van der Waals surface area contributed by atoms with Gasteiger partial charge in [-0.2, -0.15) is 5.26 Å². The fourth-order valence-electron chi connectivity index (χ4n) is 1.95. The van der Waals surface area contributed by atoms with Crippen LogP contribution in [0, 0.1) is 11.3 Å². The summed E-state index contributed by atoms with van der Waals surface area (Å²) < 4.78 is 15.4. The maximum atomic E-state index is 12.1. The van der Waals surface area contributed by atoms with Gasteiger partial charge in [-0.05, 0) is 36.4 Å². The summed E-state index contributed by atoms with van der Waals surface area (Å²) in [5.74, 6) is 0.254. The maximum Gasteiger partial charge on any atom is 0.276 e. The molecular formula is C18H17N3O5. The quantitative estimate of drug-likeness (QED) is 0.758. The summed E-state index contributed by atoms with van der Waals surface area (Å²) in [6.07, 6.45) is 0. The molecule has 0 aromatic heterocycles. The summed E-state index contributed by atoms with van der Waals surface area (Å²) in [6.45, 7) is -0.298. The molecule has 0 bridgehead atoms. The molecule has 0 atom stereocenters. The number of hydrazine groups is 1. The van der Waals surface area contributed by atoms with Crippen LogP contribution >= 0.6 is 0 Å². The molecule has 2 rings (SSSR count). The lowest BCUT2D eigenvalue weighted by molar-refractivity contribution is -0.123. The normalized spacial score (nSPS) is 9.58. The second kappa shape index (κ2) is 8.94. The zero-order valence-electron chi connectivity index (χ0n) is 14.2. The van der Waals surface area contributed by atoms with E-state index in [2.05, 4.69) is 10.9 Å². The third-order valence-corrected chi connectivity index (χ3v) is 3.28. The van der Waals surface area contributed by atoms with E-state index in [1.54, 1.807) is 30.3 Å². The van der Waals surface area contributed by atoms with Crippen molar-refractivity contribution in [2.45, 2.75) is 0 Å². The number of nitrogens with one attached hydrogen (secondary N) is 2. The van der Waals surface area contributed by atoms with Crippen molar-refractivity contribution in [1.29, 1.82) is 5.26 Å². The molecule has 0 radical (unpaired) electrons. The first-order valence-corrected chi connectivity index (χ1v) is 7.51. The van der Waals surface area contributed by atoms with Crippen molar-refractivity contribution in [1.82, 2.24) is 10.9 Å². The Morgan fingerprint density at radius 2 is 1.58 bits per heavy atom. The minimum Gasteiger partial charge on any atom is -0.497 e. The van der Waals surface area contributed by atoms with Crippen LogP contribution in [0.5, 0.6) is 17.2 Å². The van der Waals surface area contributed by atoms with Crippen LogP contribution in [0.1, 0.15) is 15.9 Å². The molecule has 2 amide bonds. The third kappa shape index (κ3) is 5.14. The highest BCUT2D eigenvalue weighted by Crippen LogP contribution is 2.22. The van der Waals surface area contributed by atoms with Crippen molar-refractivity contribution in [3.63, 3.8) is 0 Å². The van der Waals surface area contributed by atoms with Gasteiger partial charge in [-0.1, -0.05) is 0 Å². The fraction of sp³-hybridized carbons (Fsp3) is 0.167. The van der Waals surface area contributed by atoms with Crippen LogP contribution in [0.2, 0.25) is 0 Å². The molecule has 0 saturated carbocycles. The smallest absolute Gasteiger partial charge is 0.276 e. The van der Waals surface area contributed by atoms with Gasteiger partial charge in [0, 0.05) is 11.6 Å². The molecule has 0 aliphatic carbocycles. The zero-order valence-corrected chi connectivity index (χ0v) is 14.2. The fourth-order valence-corrected chi connectivity index (χ4v) is 1.95. The molecule has 0 saturated heterocycles. The van der Waals surface area contributed by atoms with Gasteiger partial charge in [-0.25, -0.2) is 0 Å². The number of carbonyl (C=O) groups is 2. The first-order chi connectivity index (χ1) is 12.5. The van der Waals surface area contributed by atoms with E-state index >= 15 is 0 Å². The van der Waals surface area contributed by atoms with Gasteiger partial charge in [0.05, 0.1) is 25.9 Å². The van der Waals surface area contributed by atoms with E-state index in [0.717, 1.165) is 0 Å². The van der Waals surface area contributed by atoms with Crippen molar-refractivity contribution in [3.8, 4) is 23.3 Å². The van der Waals surface area contributed by atoms with E-state index in [9.17, 15) is 9.59 Å². The number of nitriles is 1. The molecular weight excluding hydrogens is 338 g/mol. The van der Waals surface area contributed by atoms with Crippen LogP contribution in [0.3, 0.4) is 0 Å². The number of hydrogen-bond acceptors (Lipinski definition) is 6. The van der Waals surface area contributed by atoms with Gasteiger partial charge < -0.3 is 14.2 Å². The molecule has 8 nitrogen and oxygen atoms in total. The summed E-state index contributed by atoms with van der Waals surface area (Å²) >= 11 is 0. The van der Waals surface area contributed by atoms with Gasteiger partial charge in [0.1, 0.15) is 17.2 Å². The average Bonchev–Trinajstić information content (AvgIpc) is 2.70. The van der Waals surface area contributed by atoms with E-state index in [1.165, 1.54) is 26.4 Å². The molecule has 0 aliphatic rings. The number of nitrogens with zero attached hydrogens (tertiary/aromatic N) is 1. The average molecular weight is 355 g/mol. The number of methoxy groups -OCH3 is 2. The molecule has 0 fully saturated rings. The Balaban J connectivity index is 1.86. The number of hydrogen-bond donors (Lipinski definition) is 2. The standard InChI is InChI=1S/C18H17N3O5/c1-24-15-7-13(8-16(9-15)25-2)18(23)21-20-17(22)11-26-14-5-3-12(10-19)4-6-14/h3-9H,11H2,1-2H3,(H,20,22)(H,21,23). The van der Waals surface area contributed by atoms with E-state index in [1.807, 2.05) is 6.07 Å². The summed E-state index contributed by atoms with van der Waals surface area (Å²) in [5, 5.41) is 8.72. The second-order valence-electron chi connectivity index (χ2n) is 5.03. The molecule has 2 aromatic rings. The number of benzene rings is 2. The Hall–Kier alpha value is -3.73. The van der Waals surface area contributed by atoms with Gasteiger partial charge in [0.2, 0.25) is 0 Å². The van der Waals surface area contributed by atoms with Crippen molar-refractivity contribution in [2.24, 2.45) is 0 Å². The SMILES string of the molecule is COc1cc(OC)cc(C(=O)NNC(=O)COc2ccc(C#N)cc2)c1. The van der Waals surface area contributed by atoms with Crippen LogP contribution in [-0.4, -0.2) is 32.6 Å². The summed E-state index contributed by atoms with van der Waals surface area (Å²) in [6, 6.07) is 12.9. The van der Waals surface area contributed by atoms with Crippen LogP contribution in [0.15, 0.2) is 42.5 Å². The first kappa shape index (κ1) is 18.6. The van der Waals surface area contributed by atoms with E-state index in [0.29, 0.717) is 22.8 Å². The van der Waals surface area contributed by atoms with Gasteiger partial charge in [-0.15, -0.1) is 0 Å². The minimum absolute atomic E-state index is 0.259. The van der Waals surface area contributed by atoms with E-state index in [-0.39, 0.29) is 12.2 Å². The van der Waals surface area contributed by atoms with Crippen molar-refractivity contribution in [3.05, 3.63) is 53.6 Å². The number of amides is 2. The highest BCUT2D eigenvalue weighted by Gasteiger charge is 2.11. The van der Waals surface area contributed by atoms with Crippen molar-refractivity contribution < 1.29 is 23.8 Å². The molecule has 2 aromatic carbocycles. The lowest BCUT2D eigenvalue weighted by Gasteiger charge is -2.10. The lowest BCUT2D eigenvalue weighted by atomic mass is 10.2. The maximum absolute atomic E-state index is 12.1. The molecule has 2 N–H and O–H groups in total. The minimum atomic E-state index is -0.544. The Kier molecular flexibility index (Phi) is 6.40. The Morgan fingerprint density at radius 3 is 2.12 bits per heavy atom. The van der Waals surface area contributed by atoms with Crippen molar-refractivity contribution in [2.75, 3.05) is 20.8 Å². The van der Waals surface area contributed by atoms with Gasteiger partial charge in [-0.3, -0.25) is 20.4 Å². The van der Waals surface area contributed by atoms with Crippen LogP contribution < -0.4 is 25.1 Å². The number of ether oxygens (including phenoxy) is 3. The van der Waals surface area contributed by atoms with Crippen LogP contribution in [-0.2, 0) is 4.79 Å². The Morgan fingerprint density at radius 1 is 0.962 bits per heavy atom. The van der Waals surface area contributed by atoms with Crippen LogP contribution in [0.25, 0.3) is 0 Å². The molecule has 0 aliphatic heterocycles. The first-order valence-electron chi connectivity index (χ1n) is 7.51. The van der Waals surface area contributed by atoms with Crippen LogP contribution in [0.4, 0.5) is 0 Å². The highest BCUT2D eigenvalue weighted by molar-refractivity contribution is 5.96. The molecule has 26 heavy (non-hydrogen) atoms. The zero-order chi connectivity index (χ0) is 18.9. The van der Waals surface area contributed by atoms with Gasteiger partial charge >= 0.3 is 0 Å². The molecule has 0 heterocycles. The molecule has 0 spiro atoms. The summed E-state index contributed by atoms with van der Waals surface area (Å²) in [7, 11) is 2.94. The summed E-state index contributed by atoms with van der Waals surface area (Å²) in [5.41, 5.74) is 5.28. The lowest BCUT2D eigenvalue weighted by Crippen LogP contribution is -2.43. The summed E-state index contributed by atoms with van der Waals surface area (Å²) in [4.78, 5) is 23.9. The molecule has 8 heteroatoms. The number of rotatable bonds is 6. The highest BCUT2D eigenvalue weighted by atomic mass is 16.5. The van der Waals surface area contributed by atoms with Crippen molar-refractivity contribution >= 4 is 11.8 Å². The molecule has 0 unspecified atom stereocenters. The molecule has 134 valence electrons. The predicted molar refractivity (Wildman–Crippen MR) is 91.8 cm³/mol. The van der Waals surface area contributed by atoms with E-state index < -0.39 is 11.8 Å². The largest absolute Gasteiger partial charge is 0.497 e. The van der Waals surface area contributed by atoms with E-state index in [4.69, 9.17) is 19.5 Å². The van der Waals surface area contributed by atoms with Gasteiger partial charge in [0.15, 0.2) is 6.61 Å². The number of carbonyl (C=O) groups excluding carboxylic acids is 2.